The molecule has 0 fully saturated rings. The van der Waals surface area contributed by atoms with Crippen molar-refractivity contribution in [3.05, 3.63) is 78.6 Å². The average Bonchev–Trinajstić information content (AvgIpc) is 3.56. The number of ether oxygens (including phenoxy) is 3. The van der Waals surface area contributed by atoms with Crippen molar-refractivity contribution in [2.24, 2.45) is 0 Å². The zero-order chi connectivity index (χ0) is 28.7. The molecule has 2 aromatic carbocycles. The predicted molar refractivity (Wildman–Crippen MR) is 145 cm³/mol. The van der Waals surface area contributed by atoms with Gasteiger partial charge < -0.3 is 19.3 Å². The smallest absolute Gasteiger partial charge is 0.261 e. The Morgan fingerprint density at radius 3 is 2.49 bits per heavy atom. The minimum absolute atomic E-state index is 0.0261. The highest BCUT2D eigenvalue weighted by Crippen LogP contribution is 2.38. The first-order valence-corrected chi connectivity index (χ1v) is 13.7. The molecule has 0 aliphatic rings. The second-order valence-electron chi connectivity index (χ2n) is 8.26. The zero-order valence-corrected chi connectivity index (χ0v) is 22.4. The number of para-hydroxylation sites is 2. The van der Waals surface area contributed by atoms with Crippen molar-refractivity contribution in [3.63, 3.8) is 0 Å². The minimum atomic E-state index is -3.91. The van der Waals surface area contributed by atoms with E-state index in [1.54, 1.807) is 54.6 Å². The molecular formula is C26H24N8O6S. The first kappa shape index (κ1) is 27.6. The maximum atomic E-state index is 13.1. The lowest BCUT2D eigenvalue weighted by molar-refractivity contribution is 0.192. The molecule has 0 aliphatic carbocycles. The number of rotatable bonds is 12. The summed E-state index contributed by atoms with van der Waals surface area (Å²) in [7, 11) is -2.42. The van der Waals surface area contributed by atoms with Crippen LogP contribution in [0.5, 0.6) is 23.1 Å². The second kappa shape index (κ2) is 12.5. The largest absolute Gasteiger partial charge is 0.493 e. The van der Waals surface area contributed by atoms with Crippen molar-refractivity contribution >= 4 is 10.0 Å². The molecule has 0 aliphatic heterocycles. The third-order valence-corrected chi connectivity index (χ3v) is 7.01. The van der Waals surface area contributed by atoms with Crippen LogP contribution in [-0.4, -0.2) is 69.4 Å². The molecule has 5 aromatic rings. The van der Waals surface area contributed by atoms with E-state index in [1.807, 2.05) is 0 Å². The highest BCUT2D eigenvalue weighted by Gasteiger charge is 2.23. The Labute approximate surface area is 234 Å². The van der Waals surface area contributed by atoms with Gasteiger partial charge in [0, 0.05) is 11.8 Å². The van der Waals surface area contributed by atoms with Gasteiger partial charge in [0.05, 0.1) is 25.2 Å². The van der Waals surface area contributed by atoms with E-state index >= 15 is 0 Å². The molecule has 3 N–H and O–H groups in total. The van der Waals surface area contributed by atoms with Gasteiger partial charge >= 0.3 is 0 Å². The summed E-state index contributed by atoms with van der Waals surface area (Å²) >= 11 is 0. The van der Waals surface area contributed by atoms with Crippen LogP contribution in [0, 0.1) is 0 Å². The average molecular weight is 577 g/mol. The molecule has 0 spiro atoms. The van der Waals surface area contributed by atoms with Gasteiger partial charge in [-0.2, -0.15) is 10.2 Å². The second-order valence-corrected chi connectivity index (χ2v) is 10.0. The topological polar surface area (TPSA) is 187 Å². The van der Waals surface area contributed by atoms with E-state index in [9.17, 15) is 13.5 Å². The molecule has 0 saturated carbocycles. The van der Waals surface area contributed by atoms with Crippen molar-refractivity contribution in [1.82, 2.24) is 40.3 Å². The van der Waals surface area contributed by atoms with E-state index in [2.05, 4.69) is 40.3 Å². The van der Waals surface area contributed by atoms with Gasteiger partial charge in [-0.05, 0) is 41.6 Å². The minimum Gasteiger partial charge on any atom is -0.493 e. The summed E-state index contributed by atoms with van der Waals surface area (Å²) in [5.41, 5.74) is 1.06. The molecule has 41 heavy (non-hydrogen) atoms. The number of H-pyrrole nitrogens is 1. The van der Waals surface area contributed by atoms with Gasteiger partial charge in [-0.3, -0.25) is 4.98 Å². The predicted octanol–water partition coefficient (Wildman–Crippen LogP) is 2.37. The van der Waals surface area contributed by atoms with Crippen molar-refractivity contribution in [3.8, 4) is 46.0 Å². The van der Waals surface area contributed by atoms with Gasteiger partial charge in [0.2, 0.25) is 21.6 Å². The van der Waals surface area contributed by atoms with Gasteiger partial charge in [-0.25, -0.2) is 18.1 Å². The Morgan fingerprint density at radius 2 is 1.76 bits per heavy atom. The van der Waals surface area contributed by atoms with Crippen molar-refractivity contribution in [2.75, 3.05) is 20.3 Å². The van der Waals surface area contributed by atoms with Gasteiger partial charge in [0.15, 0.2) is 17.3 Å². The summed E-state index contributed by atoms with van der Waals surface area (Å²) in [5.74, 6) is 1.17. The van der Waals surface area contributed by atoms with Gasteiger partial charge in [0.1, 0.15) is 18.0 Å². The number of aromatic nitrogens is 7. The van der Waals surface area contributed by atoms with Crippen LogP contribution in [0.4, 0.5) is 0 Å². The fraction of sp³-hybridized carbons (Fsp3) is 0.154. The fourth-order valence-corrected chi connectivity index (χ4v) is 4.70. The third kappa shape index (κ3) is 6.43. The lowest BCUT2D eigenvalue weighted by atomic mass is 10.2. The number of nitrogens with zero attached hydrogens (tertiary/aromatic N) is 6. The standard InChI is InChI=1S/C26H24N8O6S/c1-38-21-9-5-6-10-22(21)40-23-20(16-28-41(36,37)18-7-3-2-4-8-18)29-24(30-26(23)39-14-13-35)17-11-12-27-19(15-17)25-31-33-34-32-25/h2-12,15,28,35H,13-14,16H2,1H3,(H,31,32,33,34). The molecule has 0 unspecified atom stereocenters. The summed E-state index contributed by atoms with van der Waals surface area (Å²) in [6.45, 7) is -0.700. The molecule has 210 valence electrons. The van der Waals surface area contributed by atoms with Gasteiger partial charge in [-0.15, -0.1) is 10.2 Å². The zero-order valence-electron chi connectivity index (χ0n) is 21.6. The van der Waals surface area contributed by atoms with E-state index in [-0.39, 0.29) is 53.6 Å². The Hall–Kier alpha value is -4.99. The van der Waals surface area contributed by atoms with E-state index in [0.717, 1.165) is 0 Å². The van der Waals surface area contributed by atoms with Crippen molar-refractivity contribution in [2.45, 2.75) is 11.4 Å². The summed E-state index contributed by atoms with van der Waals surface area (Å²) in [6, 6.07) is 18.1. The highest BCUT2D eigenvalue weighted by atomic mass is 32.2. The summed E-state index contributed by atoms with van der Waals surface area (Å²) in [6.07, 6.45) is 1.52. The number of benzene rings is 2. The molecular weight excluding hydrogens is 552 g/mol. The van der Waals surface area contributed by atoms with E-state index in [4.69, 9.17) is 14.2 Å². The van der Waals surface area contributed by atoms with Gasteiger partial charge in [-0.1, -0.05) is 30.3 Å². The molecule has 0 amide bonds. The lowest BCUT2D eigenvalue weighted by Gasteiger charge is -2.18. The first-order chi connectivity index (χ1) is 20.0. The van der Waals surface area contributed by atoms with Crippen LogP contribution in [0.15, 0.2) is 77.8 Å². The van der Waals surface area contributed by atoms with Crippen LogP contribution in [0.1, 0.15) is 5.69 Å². The molecule has 0 bridgehead atoms. The SMILES string of the molecule is COc1ccccc1Oc1c(CNS(=O)(=O)c2ccccc2)nc(-c2ccnc(-c3nn[nH]n3)c2)nc1OCCO. The number of sulfonamides is 1. The number of methoxy groups -OCH3 is 1. The lowest BCUT2D eigenvalue weighted by Crippen LogP contribution is -2.24. The molecule has 5 rings (SSSR count). The fourth-order valence-electron chi connectivity index (χ4n) is 3.69. The van der Waals surface area contributed by atoms with Crippen molar-refractivity contribution < 1.29 is 27.7 Å². The Kier molecular flexibility index (Phi) is 8.38. The third-order valence-electron chi connectivity index (χ3n) is 5.59. The number of aliphatic hydroxyl groups is 1. The molecule has 3 aromatic heterocycles. The molecule has 0 saturated heterocycles. The van der Waals surface area contributed by atoms with Crippen LogP contribution in [-0.2, 0) is 16.6 Å². The van der Waals surface area contributed by atoms with E-state index in [0.29, 0.717) is 22.8 Å². The Balaban J connectivity index is 1.61. The molecule has 0 radical (unpaired) electrons. The monoisotopic (exact) mass is 576 g/mol. The van der Waals surface area contributed by atoms with Crippen LogP contribution in [0.2, 0.25) is 0 Å². The number of hydrogen-bond donors (Lipinski definition) is 3. The van der Waals surface area contributed by atoms with Crippen LogP contribution in [0.25, 0.3) is 22.9 Å². The number of hydrogen-bond acceptors (Lipinski definition) is 12. The highest BCUT2D eigenvalue weighted by molar-refractivity contribution is 7.89. The number of aliphatic hydroxyl groups excluding tert-OH is 1. The number of nitrogens with one attached hydrogen (secondary N) is 2. The van der Waals surface area contributed by atoms with Gasteiger partial charge in [0.25, 0.3) is 5.88 Å². The first-order valence-electron chi connectivity index (χ1n) is 12.2. The van der Waals surface area contributed by atoms with Crippen LogP contribution < -0.4 is 18.9 Å². The quantitative estimate of drug-likeness (QED) is 0.197. The molecule has 3 heterocycles. The number of aromatic amines is 1. The summed E-state index contributed by atoms with van der Waals surface area (Å²) < 4.78 is 46.0. The maximum absolute atomic E-state index is 13.1. The Morgan fingerprint density at radius 1 is 0.976 bits per heavy atom. The number of pyridine rings is 1. The van der Waals surface area contributed by atoms with Crippen LogP contribution >= 0.6 is 0 Å². The van der Waals surface area contributed by atoms with Crippen molar-refractivity contribution in [1.29, 1.82) is 0 Å². The van der Waals surface area contributed by atoms with Crippen LogP contribution in [0.3, 0.4) is 0 Å². The number of tetrazole rings is 1. The maximum Gasteiger partial charge on any atom is 0.261 e. The Bertz CT molecular complexity index is 1720. The summed E-state index contributed by atoms with van der Waals surface area (Å²) in [4.78, 5) is 13.5. The molecule has 14 nitrogen and oxygen atoms in total. The van der Waals surface area contributed by atoms with E-state index < -0.39 is 10.0 Å². The molecule has 0 atom stereocenters. The summed E-state index contributed by atoms with van der Waals surface area (Å²) in [5, 5.41) is 23.3. The normalized spacial score (nSPS) is 11.3. The molecule has 15 heteroatoms. The van der Waals surface area contributed by atoms with E-state index in [1.165, 1.54) is 25.4 Å².